The van der Waals surface area contributed by atoms with Crippen LogP contribution in [0.4, 0.5) is 11.4 Å². The number of thioether (sulfide) groups is 1. The molecule has 0 aliphatic rings. The van der Waals surface area contributed by atoms with E-state index in [0.717, 1.165) is 11.3 Å². The fourth-order valence-electron chi connectivity index (χ4n) is 2.67. The summed E-state index contributed by atoms with van der Waals surface area (Å²) in [6.07, 6.45) is 0. The molecule has 156 valence electrons. The lowest BCUT2D eigenvalue weighted by Crippen LogP contribution is -2.15. The van der Waals surface area contributed by atoms with Crippen LogP contribution in [0.1, 0.15) is 17.0 Å². The van der Waals surface area contributed by atoms with Crippen molar-refractivity contribution in [3.8, 4) is 5.75 Å². The van der Waals surface area contributed by atoms with Crippen molar-refractivity contribution >= 4 is 29.0 Å². The molecule has 0 aliphatic heterocycles. The predicted molar refractivity (Wildman–Crippen MR) is 114 cm³/mol. The number of rotatable bonds is 8. The minimum absolute atomic E-state index is 0.0145. The Morgan fingerprint density at radius 1 is 1.23 bits per heavy atom. The molecule has 2 aromatic carbocycles. The molecule has 9 nitrogen and oxygen atoms in total. The van der Waals surface area contributed by atoms with Crippen molar-refractivity contribution in [3.63, 3.8) is 0 Å². The highest BCUT2D eigenvalue weighted by Gasteiger charge is 2.14. The quantitative estimate of drug-likeness (QED) is 0.332. The number of nitrogens with zero attached hydrogens (tertiary/aromatic N) is 4. The summed E-state index contributed by atoms with van der Waals surface area (Å²) in [5.74, 6) is 1.29. The van der Waals surface area contributed by atoms with Gasteiger partial charge in [-0.05, 0) is 43.2 Å². The number of carbonyl (C=O) groups excluding carboxylic acids is 1. The van der Waals surface area contributed by atoms with E-state index in [0.29, 0.717) is 22.2 Å². The summed E-state index contributed by atoms with van der Waals surface area (Å²) in [5, 5.41) is 22.4. The number of nitro benzene ring substituents is 1. The summed E-state index contributed by atoms with van der Waals surface area (Å²) in [5.41, 5.74) is 2.25. The smallest absolute Gasteiger partial charge is 0.269 e. The maximum atomic E-state index is 12.3. The van der Waals surface area contributed by atoms with Gasteiger partial charge in [0.25, 0.3) is 5.69 Å². The minimum Gasteiger partial charge on any atom is -0.486 e. The number of aromatic nitrogens is 3. The molecule has 0 atom stereocenters. The second-order valence-corrected chi connectivity index (χ2v) is 7.60. The summed E-state index contributed by atoms with van der Waals surface area (Å²) in [6.45, 7) is 3.97. The van der Waals surface area contributed by atoms with Crippen molar-refractivity contribution in [1.82, 2.24) is 14.8 Å². The van der Waals surface area contributed by atoms with Crippen LogP contribution in [0.25, 0.3) is 0 Å². The average molecular weight is 427 g/mol. The first-order valence-corrected chi connectivity index (χ1v) is 10.1. The Hall–Kier alpha value is -3.40. The fourth-order valence-corrected chi connectivity index (χ4v) is 3.40. The molecule has 1 amide bonds. The third kappa shape index (κ3) is 5.35. The molecule has 0 radical (unpaired) electrons. The van der Waals surface area contributed by atoms with E-state index < -0.39 is 4.92 Å². The standard InChI is InChI=1S/C20H21N5O4S/c1-13-5-4-6-16(9-13)29-11-18-22-23-20(24(18)3)30-12-19(26)21-17-8-7-15(25(27)28)10-14(17)2/h4-10H,11-12H2,1-3H3,(H,21,26). The summed E-state index contributed by atoms with van der Waals surface area (Å²) < 4.78 is 7.53. The molecule has 10 heteroatoms. The Bertz CT molecular complexity index is 1080. The highest BCUT2D eigenvalue weighted by atomic mass is 32.2. The molecule has 0 saturated carbocycles. The van der Waals surface area contributed by atoms with Crippen LogP contribution in [-0.2, 0) is 18.4 Å². The van der Waals surface area contributed by atoms with Crippen LogP contribution in [0.3, 0.4) is 0 Å². The van der Waals surface area contributed by atoms with E-state index in [1.165, 1.54) is 30.0 Å². The lowest BCUT2D eigenvalue weighted by atomic mass is 10.2. The Kier molecular flexibility index (Phi) is 6.68. The third-order valence-electron chi connectivity index (χ3n) is 4.31. The maximum absolute atomic E-state index is 12.3. The molecule has 1 aromatic heterocycles. The van der Waals surface area contributed by atoms with E-state index in [-0.39, 0.29) is 24.0 Å². The topological polar surface area (TPSA) is 112 Å². The largest absolute Gasteiger partial charge is 0.486 e. The van der Waals surface area contributed by atoms with Gasteiger partial charge in [0.1, 0.15) is 12.4 Å². The molecule has 0 fully saturated rings. The number of hydrogen-bond acceptors (Lipinski definition) is 7. The van der Waals surface area contributed by atoms with Gasteiger partial charge >= 0.3 is 0 Å². The number of nitro groups is 1. The third-order valence-corrected chi connectivity index (χ3v) is 5.33. The second-order valence-electron chi connectivity index (χ2n) is 6.66. The number of nitrogens with one attached hydrogen (secondary N) is 1. The number of non-ortho nitro benzene ring substituents is 1. The van der Waals surface area contributed by atoms with Gasteiger partial charge in [-0.3, -0.25) is 14.9 Å². The summed E-state index contributed by atoms with van der Waals surface area (Å²) in [7, 11) is 1.82. The van der Waals surface area contributed by atoms with E-state index in [2.05, 4.69) is 15.5 Å². The molecule has 3 rings (SSSR count). The molecule has 0 aliphatic carbocycles. The van der Waals surface area contributed by atoms with Crippen molar-refractivity contribution in [2.45, 2.75) is 25.6 Å². The van der Waals surface area contributed by atoms with Crippen molar-refractivity contribution in [2.75, 3.05) is 11.1 Å². The van der Waals surface area contributed by atoms with Gasteiger partial charge in [-0.1, -0.05) is 23.9 Å². The van der Waals surface area contributed by atoms with Crippen LogP contribution >= 0.6 is 11.8 Å². The molecule has 3 aromatic rings. The van der Waals surface area contributed by atoms with E-state index >= 15 is 0 Å². The number of benzene rings is 2. The molecule has 0 bridgehead atoms. The zero-order chi connectivity index (χ0) is 21.7. The number of amides is 1. The van der Waals surface area contributed by atoms with Gasteiger partial charge in [-0.15, -0.1) is 10.2 Å². The molecule has 30 heavy (non-hydrogen) atoms. The SMILES string of the molecule is Cc1cccc(OCc2nnc(SCC(=O)Nc3ccc([N+](=O)[O-])cc3C)n2C)c1. The zero-order valence-electron chi connectivity index (χ0n) is 16.8. The number of aryl methyl sites for hydroxylation is 2. The van der Waals surface area contributed by atoms with Crippen molar-refractivity contribution < 1.29 is 14.5 Å². The molecule has 0 unspecified atom stereocenters. The first-order chi connectivity index (χ1) is 14.3. The Labute approximate surface area is 177 Å². The number of carbonyl (C=O) groups is 1. The monoisotopic (exact) mass is 427 g/mol. The number of ether oxygens (including phenoxy) is 1. The Balaban J connectivity index is 1.54. The zero-order valence-corrected chi connectivity index (χ0v) is 17.6. The van der Waals surface area contributed by atoms with Crippen LogP contribution in [0.15, 0.2) is 47.6 Å². The summed E-state index contributed by atoms with van der Waals surface area (Å²) in [6, 6.07) is 12.0. The van der Waals surface area contributed by atoms with E-state index in [4.69, 9.17) is 4.74 Å². The molecular weight excluding hydrogens is 406 g/mol. The fraction of sp³-hybridized carbons (Fsp3) is 0.250. The predicted octanol–water partition coefficient (Wildman–Crippen LogP) is 3.65. The highest BCUT2D eigenvalue weighted by molar-refractivity contribution is 7.99. The second kappa shape index (κ2) is 9.40. The first kappa shape index (κ1) is 21.3. The maximum Gasteiger partial charge on any atom is 0.269 e. The van der Waals surface area contributed by atoms with E-state index in [1.807, 2.05) is 38.2 Å². The average Bonchev–Trinajstić information content (AvgIpc) is 3.06. The van der Waals surface area contributed by atoms with Crippen molar-refractivity contribution in [3.05, 3.63) is 69.5 Å². The van der Waals surface area contributed by atoms with E-state index in [1.54, 1.807) is 11.5 Å². The van der Waals surface area contributed by atoms with Gasteiger partial charge in [0.15, 0.2) is 11.0 Å². The van der Waals surface area contributed by atoms with Crippen LogP contribution in [0.2, 0.25) is 0 Å². The van der Waals surface area contributed by atoms with E-state index in [9.17, 15) is 14.9 Å². The Morgan fingerprint density at radius 2 is 2.03 bits per heavy atom. The molecule has 0 spiro atoms. The van der Waals surface area contributed by atoms with Gasteiger partial charge in [0.05, 0.1) is 10.7 Å². The molecule has 1 heterocycles. The summed E-state index contributed by atoms with van der Waals surface area (Å²) in [4.78, 5) is 22.6. The molecule has 1 N–H and O–H groups in total. The lowest BCUT2D eigenvalue weighted by Gasteiger charge is -2.08. The van der Waals surface area contributed by atoms with Crippen LogP contribution in [0, 0.1) is 24.0 Å². The van der Waals surface area contributed by atoms with Gasteiger partial charge in [0, 0.05) is 24.9 Å². The van der Waals surface area contributed by atoms with Crippen LogP contribution < -0.4 is 10.1 Å². The summed E-state index contributed by atoms with van der Waals surface area (Å²) >= 11 is 1.25. The molecule has 0 saturated heterocycles. The van der Waals surface area contributed by atoms with Gasteiger partial charge in [-0.25, -0.2) is 0 Å². The van der Waals surface area contributed by atoms with Crippen LogP contribution in [-0.4, -0.2) is 31.3 Å². The normalized spacial score (nSPS) is 10.6. The van der Waals surface area contributed by atoms with Crippen molar-refractivity contribution in [1.29, 1.82) is 0 Å². The van der Waals surface area contributed by atoms with Gasteiger partial charge in [-0.2, -0.15) is 0 Å². The minimum atomic E-state index is -0.469. The number of hydrogen-bond donors (Lipinski definition) is 1. The highest BCUT2D eigenvalue weighted by Crippen LogP contribution is 2.22. The lowest BCUT2D eigenvalue weighted by molar-refractivity contribution is -0.384. The van der Waals surface area contributed by atoms with Gasteiger partial charge < -0.3 is 14.6 Å². The number of anilines is 1. The van der Waals surface area contributed by atoms with Crippen molar-refractivity contribution in [2.24, 2.45) is 7.05 Å². The first-order valence-electron chi connectivity index (χ1n) is 9.09. The van der Waals surface area contributed by atoms with Gasteiger partial charge in [0.2, 0.25) is 5.91 Å². The van der Waals surface area contributed by atoms with Crippen LogP contribution in [0.5, 0.6) is 5.75 Å². The Morgan fingerprint density at radius 3 is 2.73 bits per heavy atom. The molecular formula is C20H21N5O4S.